The van der Waals surface area contributed by atoms with Gasteiger partial charge in [0.25, 0.3) is 0 Å². The third-order valence-corrected chi connectivity index (χ3v) is 3.01. The van der Waals surface area contributed by atoms with Gasteiger partial charge >= 0.3 is 0 Å². The zero-order chi connectivity index (χ0) is 15.2. The number of rotatable bonds is 5. The second kappa shape index (κ2) is 6.60. The van der Waals surface area contributed by atoms with Gasteiger partial charge in [0, 0.05) is 23.9 Å². The number of methoxy groups -OCH3 is 1. The molecule has 0 unspecified atom stereocenters. The summed E-state index contributed by atoms with van der Waals surface area (Å²) in [5.41, 5.74) is 7.49. The monoisotopic (exact) mass is 289 g/mol. The Morgan fingerprint density at radius 2 is 2.14 bits per heavy atom. The number of amidine groups is 1. The van der Waals surface area contributed by atoms with Crippen molar-refractivity contribution in [2.45, 2.75) is 6.54 Å². The first-order valence-corrected chi connectivity index (χ1v) is 6.28. The predicted molar refractivity (Wildman–Crippen MR) is 79.2 cm³/mol. The molecule has 2 rings (SSSR count). The van der Waals surface area contributed by atoms with Crippen LogP contribution in [0.25, 0.3) is 0 Å². The van der Waals surface area contributed by atoms with Crippen LogP contribution in [0.15, 0.2) is 47.6 Å². The van der Waals surface area contributed by atoms with Gasteiger partial charge in [-0.1, -0.05) is 17.3 Å². The summed E-state index contributed by atoms with van der Waals surface area (Å²) < 4.78 is 18.4. The van der Waals surface area contributed by atoms with Gasteiger partial charge < -0.3 is 21.0 Å². The van der Waals surface area contributed by atoms with E-state index in [1.165, 1.54) is 12.1 Å². The molecule has 0 aromatic heterocycles. The maximum absolute atomic E-state index is 13.3. The van der Waals surface area contributed by atoms with Crippen LogP contribution in [0, 0.1) is 5.82 Å². The highest BCUT2D eigenvalue weighted by atomic mass is 19.1. The minimum absolute atomic E-state index is 0.128. The number of anilines is 1. The molecule has 0 saturated heterocycles. The molecule has 2 aromatic rings. The Balaban J connectivity index is 2.19. The van der Waals surface area contributed by atoms with Gasteiger partial charge in [0.15, 0.2) is 5.84 Å². The predicted octanol–water partition coefficient (Wildman–Crippen LogP) is 2.54. The maximum atomic E-state index is 13.3. The summed E-state index contributed by atoms with van der Waals surface area (Å²) in [6, 6.07) is 11.6. The maximum Gasteiger partial charge on any atom is 0.170 e. The van der Waals surface area contributed by atoms with Crippen molar-refractivity contribution in [3.63, 3.8) is 0 Å². The molecule has 0 aliphatic heterocycles. The fourth-order valence-electron chi connectivity index (χ4n) is 1.93. The van der Waals surface area contributed by atoms with E-state index in [-0.39, 0.29) is 5.84 Å². The van der Waals surface area contributed by atoms with E-state index in [0.29, 0.717) is 12.1 Å². The number of ether oxygens (including phenoxy) is 1. The number of oxime groups is 1. The van der Waals surface area contributed by atoms with Gasteiger partial charge in [0.2, 0.25) is 0 Å². The van der Waals surface area contributed by atoms with Crippen LogP contribution in [0.1, 0.15) is 11.1 Å². The molecule has 6 heteroatoms. The van der Waals surface area contributed by atoms with E-state index in [1.807, 2.05) is 24.3 Å². The van der Waals surface area contributed by atoms with Crippen LogP contribution in [0.5, 0.6) is 5.75 Å². The molecule has 0 saturated carbocycles. The smallest absolute Gasteiger partial charge is 0.170 e. The van der Waals surface area contributed by atoms with Crippen molar-refractivity contribution in [3.05, 3.63) is 59.4 Å². The summed E-state index contributed by atoms with van der Waals surface area (Å²) in [5.74, 6) is 0.162. The van der Waals surface area contributed by atoms with Gasteiger partial charge in [-0.25, -0.2) is 4.39 Å². The second-order valence-electron chi connectivity index (χ2n) is 4.37. The molecule has 0 fully saturated rings. The lowest BCUT2D eigenvalue weighted by molar-refractivity contribution is 0.318. The fraction of sp³-hybridized carbons (Fsp3) is 0.133. The molecule has 0 bridgehead atoms. The number of nitrogens with one attached hydrogen (secondary N) is 1. The molecule has 110 valence electrons. The van der Waals surface area contributed by atoms with Crippen LogP contribution < -0.4 is 15.8 Å². The van der Waals surface area contributed by atoms with Gasteiger partial charge in [-0.05, 0) is 29.8 Å². The van der Waals surface area contributed by atoms with Crippen LogP contribution in [-0.2, 0) is 6.54 Å². The largest absolute Gasteiger partial charge is 0.497 e. The molecule has 2 aromatic carbocycles. The Morgan fingerprint density at radius 1 is 1.33 bits per heavy atom. The molecule has 0 radical (unpaired) electrons. The van der Waals surface area contributed by atoms with Crippen LogP contribution in [0.4, 0.5) is 10.1 Å². The lowest BCUT2D eigenvalue weighted by Gasteiger charge is -2.11. The number of halogens is 1. The van der Waals surface area contributed by atoms with Crippen molar-refractivity contribution < 1.29 is 14.3 Å². The lowest BCUT2D eigenvalue weighted by atomic mass is 10.1. The molecule has 5 nitrogen and oxygen atoms in total. The van der Waals surface area contributed by atoms with Crippen molar-refractivity contribution in [3.8, 4) is 5.75 Å². The molecule has 0 heterocycles. The summed E-state index contributed by atoms with van der Waals surface area (Å²) in [7, 11) is 1.59. The third kappa shape index (κ3) is 3.62. The highest BCUT2D eigenvalue weighted by molar-refractivity contribution is 5.98. The van der Waals surface area contributed by atoms with Gasteiger partial charge in [0.05, 0.1) is 7.11 Å². The molecule has 21 heavy (non-hydrogen) atoms. The standard InChI is InChI=1S/C15H16FN3O2/c1-21-13-4-2-3-12(8-13)18-9-10-5-6-11(16)7-14(10)15(17)19-20/h2-8,18,20H,9H2,1H3,(H2,17,19). The molecule has 0 amide bonds. The summed E-state index contributed by atoms with van der Waals surface area (Å²) in [6.07, 6.45) is 0. The van der Waals surface area contributed by atoms with Crippen LogP contribution in [0.2, 0.25) is 0 Å². The number of hydrogen-bond acceptors (Lipinski definition) is 4. The minimum atomic E-state index is -0.443. The number of nitrogens with two attached hydrogens (primary N) is 1. The first kappa shape index (κ1) is 14.6. The Morgan fingerprint density at radius 3 is 2.86 bits per heavy atom. The molecule has 0 spiro atoms. The average Bonchev–Trinajstić information content (AvgIpc) is 2.53. The van der Waals surface area contributed by atoms with Crippen LogP contribution >= 0.6 is 0 Å². The van der Waals surface area contributed by atoms with E-state index in [2.05, 4.69) is 10.5 Å². The minimum Gasteiger partial charge on any atom is -0.497 e. The van der Waals surface area contributed by atoms with Crippen molar-refractivity contribution in [1.29, 1.82) is 0 Å². The van der Waals surface area contributed by atoms with E-state index >= 15 is 0 Å². The summed E-state index contributed by atoms with van der Waals surface area (Å²) in [6.45, 7) is 0.402. The van der Waals surface area contributed by atoms with Crippen LogP contribution in [0.3, 0.4) is 0 Å². The summed E-state index contributed by atoms with van der Waals surface area (Å²) in [4.78, 5) is 0. The Kier molecular flexibility index (Phi) is 4.61. The van der Waals surface area contributed by atoms with Gasteiger partial charge in [-0.2, -0.15) is 0 Å². The van der Waals surface area contributed by atoms with E-state index < -0.39 is 5.82 Å². The first-order chi connectivity index (χ1) is 10.1. The lowest BCUT2D eigenvalue weighted by Crippen LogP contribution is -2.17. The number of hydrogen-bond donors (Lipinski definition) is 3. The quantitative estimate of drug-likeness (QED) is 0.342. The zero-order valence-corrected chi connectivity index (χ0v) is 11.5. The number of benzene rings is 2. The highest BCUT2D eigenvalue weighted by Crippen LogP contribution is 2.19. The summed E-state index contributed by atoms with van der Waals surface area (Å²) >= 11 is 0. The van der Waals surface area contributed by atoms with Gasteiger partial charge in [-0.15, -0.1) is 0 Å². The van der Waals surface area contributed by atoms with Gasteiger partial charge in [-0.3, -0.25) is 0 Å². The highest BCUT2D eigenvalue weighted by Gasteiger charge is 2.08. The number of nitrogens with zero attached hydrogens (tertiary/aromatic N) is 1. The second-order valence-corrected chi connectivity index (χ2v) is 4.37. The topological polar surface area (TPSA) is 79.9 Å². The Hall–Kier alpha value is -2.76. The Bertz CT molecular complexity index is 659. The van der Waals surface area contributed by atoms with Crippen molar-refractivity contribution in [1.82, 2.24) is 0 Å². The average molecular weight is 289 g/mol. The van der Waals surface area contributed by atoms with E-state index in [1.54, 1.807) is 13.2 Å². The summed E-state index contributed by atoms with van der Waals surface area (Å²) in [5, 5.41) is 14.9. The molecule has 0 aliphatic carbocycles. The fourth-order valence-corrected chi connectivity index (χ4v) is 1.93. The SMILES string of the molecule is COc1cccc(NCc2ccc(F)cc2C(N)=NO)c1. The third-order valence-electron chi connectivity index (χ3n) is 3.01. The van der Waals surface area contributed by atoms with Crippen molar-refractivity contribution in [2.24, 2.45) is 10.9 Å². The van der Waals surface area contributed by atoms with Crippen molar-refractivity contribution >= 4 is 11.5 Å². The molecule has 0 atom stereocenters. The van der Waals surface area contributed by atoms with Crippen LogP contribution in [-0.4, -0.2) is 18.2 Å². The van der Waals surface area contributed by atoms with Gasteiger partial charge in [0.1, 0.15) is 11.6 Å². The van der Waals surface area contributed by atoms with E-state index in [0.717, 1.165) is 17.0 Å². The molecular formula is C15H16FN3O2. The molecule has 4 N–H and O–H groups in total. The van der Waals surface area contributed by atoms with Crippen molar-refractivity contribution in [2.75, 3.05) is 12.4 Å². The Labute approximate surface area is 121 Å². The zero-order valence-electron chi connectivity index (χ0n) is 11.5. The van der Waals surface area contributed by atoms with E-state index in [4.69, 9.17) is 15.7 Å². The first-order valence-electron chi connectivity index (χ1n) is 6.28. The normalized spacial score (nSPS) is 11.2. The molecule has 0 aliphatic rings. The van der Waals surface area contributed by atoms with E-state index in [9.17, 15) is 4.39 Å². The molecular weight excluding hydrogens is 273 g/mol.